The summed E-state index contributed by atoms with van der Waals surface area (Å²) in [5.41, 5.74) is 4.09. The van der Waals surface area contributed by atoms with E-state index in [1.807, 2.05) is 49.5 Å². The number of hydrogen-bond donors (Lipinski definition) is 2. The molecule has 34 heavy (non-hydrogen) atoms. The van der Waals surface area contributed by atoms with Crippen molar-refractivity contribution in [2.45, 2.75) is 25.7 Å². The van der Waals surface area contributed by atoms with Gasteiger partial charge in [-0.1, -0.05) is 36.4 Å². The van der Waals surface area contributed by atoms with Crippen LogP contribution in [-0.2, 0) is 11.2 Å². The molecule has 0 fully saturated rings. The molecular formula is C28H29FN2O3. The van der Waals surface area contributed by atoms with E-state index in [2.05, 4.69) is 16.4 Å². The minimum Gasteiger partial charge on any atom is -0.493 e. The van der Waals surface area contributed by atoms with E-state index < -0.39 is 0 Å². The monoisotopic (exact) mass is 460 g/mol. The lowest BCUT2D eigenvalue weighted by atomic mass is 9.90. The molecule has 1 amide bonds. The second kappa shape index (κ2) is 10.9. The highest BCUT2D eigenvalue weighted by molar-refractivity contribution is 5.84. The van der Waals surface area contributed by atoms with Gasteiger partial charge < -0.3 is 19.8 Å². The third-order valence-electron chi connectivity index (χ3n) is 5.94. The van der Waals surface area contributed by atoms with Crippen LogP contribution < -0.4 is 14.8 Å². The molecule has 0 aliphatic carbocycles. The van der Waals surface area contributed by atoms with Crippen molar-refractivity contribution in [2.24, 2.45) is 0 Å². The van der Waals surface area contributed by atoms with Crippen molar-refractivity contribution in [2.75, 3.05) is 20.3 Å². The summed E-state index contributed by atoms with van der Waals surface area (Å²) in [6.07, 6.45) is 2.89. The number of benzene rings is 3. The molecule has 4 rings (SSSR count). The number of aromatic nitrogens is 1. The molecule has 5 nitrogen and oxygen atoms in total. The summed E-state index contributed by atoms with van der Waals surface area (Å²) in [6.45, 7) is 2.91. The Morgan fingerprint density at radius 2 is 1.85 bits per heavy atom. The lowest BCUT2D eigenvalue weighted by Gasteiger charge is -2.20. The normalized spacial score (nSPS) is 11.9. The summed E-state index contributed by atoms with van der Waals surface area (Å²) in [5, 5.41) is 4.21. The third kappa shape index (κ3) is 5.39. The molecule has 2 N–H and O–H groups in total. The molecule has 1 atom stereocenters. The van der Waals surface area contributed by atoms with Crippen LogP contribution in [0.3, 0.4) is 0 Å². The second-order valence-corrected chi connectivity index (χ2v) is 8.12. The van der Waals surface area contributed by atoms with Crippen LogP contribution in [-0.4, -0.2) is 31.2 Å². The number of rotatable bonds is 10. The number of carbonyl (C=O) groups excluding carboxylic acids is 1. The summed E-state index contributed by atoms with van der Waals surface area (Å²) >= 11 is 0. The fourth-order valence-electron chi connectivity index (χ4n) is 4.18. The summed E-state index contributed by atoms with van der Waals surface area (Å²) < 4.78 is 24.4. The van der Waals surface area contributed by atoms with Gasteiger partial charge in [0.25, 0.3) is 0 Å². The van der Waals surface area contributed by atoms with Crippen LogP contribution in [0.1, 0.15) is 36.0 Å². The maximum absolute atomic E-state index is 13.1. The zero-order valence-corrected chi connectivity index (χ0v) is 19.4. The third-order valence-corrected chi connectivity index (χ3v) is 5.94. The first-order valence-electron chi connectivity index (χ1n) is 11.5. The maximum Gasteiger partial charge on any atom is 0.220 e. The molecule has 1 unspecified atom stereocenters. The van der Waals surface area contributed by atoms with Crippen LogP contribution in [0.4, 0.5) is 4.39 Å². The van der Waals surface area contributed by atoms with Crippen molar-refractivity contribution in [1.29, 1.82) is 0 Å². The number of aryl methyl sites for hydroxylation is 1. The van der Waals surface area contributed by atoms with Gasteiger partial charge in [-0.3, -0.25) is 4.79 Å². The van der Waals surface area contributed by atoms with E-state index in [-0.39, 0.29) is 17.6 Å². The number of ether oxygens (including phenoxy) is 2. The highest BCUT2D eigenvalue weighted by Gasteiger charge is 2.21. The number of nitrogens with one attached hydrogen (secondary N) is 2. The van der Waals surface area contributed by atoms with Crippen molar-refractivity contribution >= 4 is 16.8 Å². The quantitative estimate of drug-likeness (QED) is 0.324. The van der Waals surface area contributed by atoms with Gasteiger partial charge in [0.2, 0.25) is 5.91 Å². The number of aromatic amines is 1. The van der Waals surface area contributed by atoms with Crippen LogP contribution in [0.15, 0.2) is 72.9 Å². The summed E-state index contributed by atoms with van der Waals surface area (Å²) in [7, 11) is 1.62. The number of carbonyl (C=O) groups is 1. The largest absolute Gasteiger partial charge is 0.493 e. The van der Waals surface area contributed by atoms with Crippen molar-refractivity contribution < 1.29 is 18.7 Å². The molecule has 0 aliphatic rings. The summed E-state index contributed by atoms with van der Waals surface area (Å²) in [5.74, 6) is 0.935. The molecule has 0 saturated heterocycles. The van der Waals surface area contributed by atoms with Crippen LogP contribution in [0.5, 0.6) is 11.5 Å². The second-order valence-electron chi connectivity index (χ2n) is 8.12. The molecule has 176 valence electrons. The Kier molecular flexibility index (Phi) is 7.48. The number of amides is 1. The van der Waals surface area contributed by atoms with Gasteiger partial charge in [-0.15, -0.1) is 0 Å². The molecule has 1 heterocycles. The molecule has 0 saturated carbocycles. The number of para-hydroxylation sites is 1. The minimum atomic E-state index is -0.277. The molecule has 0 aliphatic heterocycles. The SMILES string of the molecule is CCOc1ccc(C(CNC(=O)CCc2ccc(F)cc2)c2c[nH]c3ccccc23)cc1OC. The van der Waals surface area contributed by atoms with E-state index >= 15 is 0 Å². The Morgan fingerprint density at radius 3 is 2.62 bits per heavy atom. The number of hydrogen-bond acceptors (Lipinski definition) is 3. The van der Waals surface area contributed by atoms with E-state index in [0.717, 1.165) is 27.6 Å². The number of H-pyrrole nitrogens is 1. The zero-order chi connectivity index (χ0) is 23.9. The van der Waals surface area contributed by atoms with Crippen molar-refractivity contribution in [3.63, 3.8) is 0 Å². The van der Waals surface area contributed by atoms with E-state index in [9.17, 15) is 9.18 Å². The Morgan fingerprint density at radius 1 is 1.06 bits per heavy atom. The van der Waals surface area contributed by atoms with Gasteiger partial charge in [-0.2, -0.15) is 0 Å². The fraction of sp³-hybridized carbons (Fsp3) is 0.250. The smallest absolute Gasteiger partial charge is 0.220 e. The van der Waals surface area contributed by atoms with Crippen LogP contribution >= 0.6 is 0 Å². The predicted molar refractivity (Wildman–Crippen MR) is 132 cm³/mol. The number of halogens is 1. The van der Waals surface area contributed by atoms with Gasteiger partial charge >= 0.3 is 0 Å². The first-order valence-corrected chi connectivity index (χ1v) is 11.5. The van der Waals surface area contributed by atoms with Crippen molar-refractivity contribution in [3.05, 3.63) is 95.4 Å². The van der Waals surface area contributed by atoms with E-state index in [1.165, 1.54) is 12.1 Å². The van der Waals surface area contributed by atoms with Gasteiger partial charge in [0, 0.05) is 36.0 Å². The zero-order valence-electron chi connectivity index (χ0n) is 19.4. The minimum absolute atomic E-state index is 0.0490. The molecule has 0 spiro atoms. The Hall–Kier alpha value is -3.80. The van der Waals surface area contributed by atoms with Crippen LogP contribution in [0.25, 0.3) is 10.9 Å². The summed E-state index contributed by atoms with van der Waals surface area (Å²) in [6, 6.07) is 20.3. The van der Waals surface area contributed by atoms with Gasteiger partial charge in [0.1, 0.15) is 5.82 Å². The Balaban J connectivity index is 1.56. The van der Waals surface area contributed by atoms with E-state index in [1.54, 1.807) is 19.2 Å². The highest BCUT2D eigenvalue weighted by Crippen LogP contribution is 2.35. The Bertz CT molecular complexity index is 1250. The number of fused-ring (bicyclic) bond motifs is 1. The van der Waals surface area contributed by atoms with Gasteiger partial charge in [-0.25, -0.2) is 4.39 Å². The average molecular weight is 461 g/mol. The topological polar surface area (TPSA) is 63.3 Å². The van der Waals surface area contributed by atoms with E-state index in [4.69, 9.17) is 9.47 Å². The van der Waals surface area contributed by atoms with Gasteiger partial charge in [-0.05, 0) is 60.4 Å². The van der Waals surface area contributed by atoms with Gasteiger partial charge in [0.15, 0.2) is 11.5 Å². The molecule has 1 aromatic heterocycles. The molecule has 0 bridgehead atoms. The van der Waals surface area contributed by atoms with Crippen molar-refractivity contribution in [1.82, 2.24) is 10.3 Å². The molecule has 6 heteroatoms. The Labute approximate surface area is 198 Å². The molecule has 0 radical (unpaired) electrons. The lowest BCUT2D eigenvalue weighted by Crippen LogP contribution is -2.29. The standard InChI is InChI=1S/C28H29FN2O3/c1-3-34-26-14-11-20(16-27(26)33-2)23(24-18-30-25-7-5-4-6-22(24)25)17-31-28(32)15-10-19-8-12-21(29)13-9-19/h4-9,11-14,16,18,23,30H,3,10,15,17H2,1-2H3,(H,31,32). The van der Waals surface area contributed by atoms with Gasteiger partial charge in [0.05, 0.1) is 13.7 Å². The highest BCUT2D eigenvalue weighted by atomic mass is 19.1. The summed E-state index contributed by atoms with van der Waals surface area (Å²) in [4.78, 5) is 16.0. The van der Waals surface area contributed by atoms with E-state index in [0.29, 0.717) is 37.5 Å². The van der Waals surface area contributed by atoms with Crippen molar-refractivity contribution in [3.8, 4) is 11.5 Å². The predicted octanol–water partition coefficient (Wildman–Crippen LogP) is 5.60. The average Bonchev–Trinajstić information content (AvgIpc) is 3.28. The first kappa shape index (κ1) is 23.4. The fourth-order valence-corrected chi connectivity index (χ4v) is 4.18. The first-order chi connectivity index (χ1) is 16.6. The van der Waals surface area contributed by atoms with Crippen LogP contribution in [0.2, 0.25) is 0 Å². The molecule has 3 aromatic carbocycles. The maximum atomic E-state index is 13.1. The molecule has 4 aromatic rings. The van der Waals surface area contributed by atoms with Crippen LogP contribution in [0, 0.1) is 5.82 Å². The number of methoxy groups -OCH3 is 1. The lowest BCUT2D eigenvalue weighted by molar-refractivity contribution is -0.121. The molecular weight excluding hydrogens is 431 g/mol.